The fourth-order valence-electron chi connectivity index (χ4n) is 1.02. The van der Waals surface area contributed by atoms with E-state index < -0.39 is 37.1 Å². The third-order valence-corrected chi connectivity index (χ3v) is 1.53. The van der Waals surface area contributed by atoms with Crippen LogP contribution in [0.25, 0.3) is 0 Å². The van der Waals surface area contributed by atoms with Crippen molar-refractivity contribution in [2.24, 2.45) is 0 Å². The average molecular weight is 231 g/mol. The van der Waals surface area contributed by atoms with E-state index in [0.717, 1.165) is 0 Å². The van der Waals surface area contributed by atoms with Crippen LogP contribution in [0.15, 0.2) is 0 Å². The van der Waals surface area contributed by atoms with Gasteiger partial charge in [-0.25, -0.2) is 13.5 Å². The molecule has 0 bridgehead atoms. The monoisotopic (exact) mass is 231 g/mol. The zero-order valence-electron chi connectivity index (χ0n) is 7.17. The van der Waals surface area contributed by atoms with Crippen LogP contribution in [0.5, 0.6) is 0 Å². The summed E-state index contributed by atoms with van der Waals surface area (Å²) in [5.74, 6) is 0. The number of aromatic nitrogens is 3. The van der Waals surface area contributed by atoms with Gasteiger partial charge < -0.3 is 5.11 Å². The zero-order valence-corrected chi connectivity index (χ0v) is 7.17. The van der Waals surface area contributed by atoms with E-state index in [-0.39, 0.29) is 4.68 Å². The van der Waals surface area contributed by atoms with Gasteiger partial charge in [0, 0.05) is 0 Å². The molecule has 1 rings (SSSR count). The Morgan fingerprint density at radius 2 is 1.93 bits per heavy atom. The number of hydrogen-bond donors (Lipinski definition) is 1. The lowest BCUT2D eigenvalue weighted by atomic mass is 10.3. The van der Waals surface area contributed by atoms with Crippen molar-refractivity contribution in [2.75, 3.05) is 0 Å². The molecule has 0 atom stereocenters. The number of aliphatic hydroxyl groups is 1. The Hall–Kier alpha value is -1.25. The van der Waals surface area contributed by atoms with Crippen molar-refractivity contribution in [3.05, 3.63) is 11.4 Å². The van der Waals surface area contributed by atoms with E-state index in [1.165, 1.54) is 0 Å². The first-order valence-electron chi connectivity index (χ1n) is 3.74. The lowest BCUT2D eigenvalue weighted by Gasteiger charge is -2.09. The van der Waals surface area contributed by atoms with E-state index in [4.69, 9.17) is 5.11 Å². The molecule has 9 heteroatoms. The minimum Gasteiger partial charge on any atom is -0.390 e. The van der Waals surface area contributed by atoms with Crippen LogP contribution >= 0.6 is 0 Å². The predicted molar refractivity (Wildman–Crippen MR) is 37.0 cm³/mol. The van der Waals surface area contributed by atoms with Crippen LogP contribution in [0.1, 0.15) is 11.4 Å². The molecule has 1 N–H and O–H groups in total. The van der Waals surface area contributed by atoms with E-state index in [9.17, 15) is 22.0 Å². The number of rotatable bonds is 3. The van der Waals surface area contributed by atoms with E-state index in [0.29, 0.717) is 0 Å². The summed E-state index contributed by atoms with van der Waals surface area (Å²) in [4.78, 5) is 0. The summed E-state index contributed by atoms with van der Waals surface area (Å²) >= 11 is 0. The van der Waals surface area contributed by atoms with Gasteiger partial charge in [-0.05, 0) is 0 Å². The number of alkyl halides is 5. The molecule has 0 saturated carbocycles. The molecule has 86 valence electrons. The molecule has 0 spiro atoms. The first-order valence-corrected chi connectivity index (χ1v) is 3.74. The molecule has 0 aliphatic rings. The highest BCUT2D eigenvalue weighted by Crippen LogP contribution is 2.31. The highest BCUT2D eigenvalue weighted by atomic mass is 19.4. The van der Waals surface area contributed by atoms with Crippen LogP contribution in [0, 0.1) is 0 Å². The molecule has 0 saturated heterocycles. The molecule has 4 nitrogen and oxygen atoms in total. The summed E-state index contributed by atoms with van der Waals surface area (Å²) in [6, 6.07) is 0. The first-order chi connectivity index (χ1) is 6.86. The van der Waals surface area contributed by atoms with Gasteiger partial charge in [-0.3, -0.25) is 0 Å². The highest BCUT2D eigenvalue weighted by Gasteiger charge is 2.39. The quantitative estimate of drug-likeness (QED) is 0.791. The lowest BCUT2D eigenvalue weighted by Crippen LogP contribution is -2.19. The van der Waals surface area contributed by atoms with Crippen LogP contribution in [0.3, 0.4) is 0 Å². The topological polar surface area (TPSA) is 50.9 Å². The summed E-state index contributed by atoms with van der Waals surface area (Å²) in [7, 11) is 0. The second kappa shape index (κ2) is 4.09. The molecule has 0 radical (unpaired) electrons. The van der Waals surface area contributed by atoms with E-state index in [1.807, 2.05) is 0 Å². The van der Waals surface area contributed by atoms with Crippen LogP contribution in [0.2, 0.25) is 0 Å². The van der Waals surface area contributed by atoms with Gasteiger partial charge in [0.1, 0.15) is 12.2 Å². The van der Waals surface area contributed by atoms with Crippen molar-refractivity contribution in [1.82, 2.24) is 15.0 Å². The van der Waals surface area contributed by atoms with Crippen molar-refractivity contribution in [3.63, 3.8) is 0 Å². The second-order valence-corrected chi connectivity index (χ2v) is 2.61. The predicted octanol–water partition coefficient (Wildman–Crippen LogP) is 1.05. The smallest absolute Gasteiger partial charge is 0.390 e. The van der Waals surface area contributed by atoms with Crippen molar-refractivity contribution in [1.29, 1.82) is 0 Å². The molecule has 0 aromatic carbocycles. The lowest BCUT2D eigenvalue weighted by molar-refractivity contribution is -0.146. The maximum absolute atomic E-state index is 12.3. The molecule has 1 aromatic heterocycles. The Morgan fingerprint density at radius 1 is 1.33 bits per heavy atom. The number of hydrogen-bond acceptors (Lipinski definition) is 3. The van der Waals surface area contributed by atoms with Crippen LogP contribution < -0.4 is 0 Å². The van der Waals surface area contributed by atoms with Crippen LogP contribution in [0.4, 0.5) is 22.0 Å². The largest absolute Gasteiger partial charge is 0.435 e. The fraction of sp³-hybridized carbons (Fsp3) is 0.667. The molecule has 0 unspecified atom stereocenters. The summed E-state index contributed by atoms with van der Waals surface area (Å²) in [6.07, 6.45) is -7.84. The van der Waals surface area contributed by atoms with Crippen molar-refractivity contribution in [2.45, 2.75) is 25.8 Å². The maximum Gasteiger partial charge on any atom is 0.435 e. The molecule has 1 heterocycles. The van der Waals surface area contributed by atoms with Crippen LogP contribution in [-0.4, -0.2) is 26.5 Å². The van der Waals surface area contributed by atoms with Gasteiger partial charge in [-0.1, -0.05) is 5.21 Å². The number of aliphatic hydroxyl groups excluding tert-OH is 1. The van der Waals surface area contributed by atoms with Crippen molar-refractivity contribution >= 4 is 0 Å². The number of halogens is 5. The molecule has 1 aromatic rings. The van der Waals surface area contributed by atoms with Crippen molar-refractivity contribution in [3.8, 4) is 0 Å². The SMILES string of the molecule is OCc1nnn(CC(F)F)c1C(F)(F)F. The molecule has 0 aliphatic heterocycles. The van der Waals surface area contributed by atoms with Gasteiger partial charge in [0.15, 0.2) is 5.69 Å². The Morgan fingerprint density at radius 3 is 2.33 bits per heavy atom. The summed E-state index contributed by atoms with van der Waals surface area (Å²) in [5, 5.41) is 14.4. The molecule has 0 aliphatic carbocycles. The minimum absolute atomic E-state index is 0.0379. The van der Waals surface area contributed by atoms with E-state index >= 15 is 0 Å². The molecule has 0 amide bonds. The third-order valence-electron chi connectivity index (χ3n) is 1.53. The first kappa shape index (κ1) is 11.8. The Kier molecular flexibility index (Phi) is 3.22. The summed E-state index contributed by atoms with van der Waals surface area (Å²) < 4.78 is 60.8. The van der Waals surface area contributed by atoms with Gasteiger partial charge in [0.05, 0.1) is 6.61 Å². The average Bonchev–Trinajstić information content (AvgIpc) is 2.45. The molecular formula is C6H6F5N3O. The van der Waals surface area contributed by atoms with Crippen molar-refractivity contribution < 1.29 is 27.1 Å². The van der Waals surface area contributed by atoms with Gasteiger partial charge in [0.25, 0.3) is 6.43 Å². The highest BCUT2D eigenvalue weighted by molar-refractivity contribution is 5.13. The summed E-state index contributed by atoms with van der Waals surface area (Å²) in [6.45, 7) is -2.21. The number of nitrogens with zero attached hydrogens (tertiary/aromatic N) is 3. The fourth-order valence-corrected chi connectivity index (χ4v) is 1.02. The van der Waals surface area contributed by atoms with E-state index in [1.54, 1.807) is 0 Å². The normalized spacial score (nSPS) is 12.5. The van der Waals surface area contributed by atoms with Gasteiger partial charge in [-0.2, -0.15) is 13.2 Å². The Labute approximate surface area is 80.3 Å². The minimum atomic E-state index is -4.86. The second-order valence-electron chi connectivity index (χ2n) is 2.61. The maximum atomic E-state index is 12.3. The zero-order chi connectivity index (χ0) is 11.6. The Balaban J connectivity index is 3.12. The standard InChI is InChI=1S/C6H6F5N3O/c7-4(8)1-14-5(6(9,10)11)3(2-15)12-13-14/h4,15H,1-2H2. The molecular weight excluding hydrogens is 225 g/mol. The molecule has 15 heavy (non-hydrogen) atoms. The third kappa shape index (κ3) is 2.61. The summed E-state index contributed by atoms with van der Waals surface area (Å²) in [5.41, 5.74) is -2.20. The Bertz CT molecular complexity index is 334. The van der Waals surface area contributed by atoms with Gasteiger partial charge >= 0.3 is 6.18 Å². The van der Waals surface area contributed by atoms with E-state index in [2.05, 4.69) is 10.3 Å². The van der Waals surface area contributed by atoms with Gasteiger partial charge in [-0.15, -0.1) is 5.10 Å². The molecule has 0 fully saturated rings. The van der Waals surface area contributed by atoms with Crippen LogP contribution in [-0.2, 0) is 19.3 Å². The van der Waals surface area contributed by atoms with Gasteiger partial charge in [0.2, 0.25) is 0 Å².